The number of benzene rings is 1. The second-order valence-electron chi connectivity index (χ2n) is 4.53. The first-order valence-corrected chi connectivity index (χ1v) is 6.36. The molecule has 0 spiro atoms. The number of methoxy groups -OCH3 is 1. The lowest BCUT2D eigenvalue weighted by Crippen LogP contribution is -2.35. The minimum atomic E-state index is -0.106. The fourth-order valence-electron chi connectivity index (χ4n) is 1.86. The molecule has 0 bridgehead atoms. The molecule has 0 unspecified atom stereocenters. The topological polar surface area (TPSA) is 64.1 Å². The van der Waals surface area contributed by atoms with E-state index in [1.807, 2.05) is 19.1 Å². The van der Waals surface area contributed by atoms with E-state index in [0.29, 0.717) is 12.2 Å². The summed E-state index contributed by atoms with van der Waals surface area (Å²) >= 11 is 0. The number of carbonyl (C=O) groups is 1. The number of carbonyl (C=O) groups excluding carboxylic acids is 1. The highest BCUT2D eigenvalue weighted by Gasteiger charge is 2.09. The summed E-state index contributed by atoms with van der Waals surface area (Å²) in [5, 5.41) is 2.87. The van der Waals surface area contributed by atoms with Gasteiger partial charge in [-0.3, -0.25) is 4.79 Å². The molecule has 1 aromatic carbocycles. The number of hydrogen-bond donors (Lipinski definition) is 1. The van der Waals surface area contributed by atoms with Crippen molar-refractivity contribution in [3.8, 4) is 11.1 Å². The highest BCUT2D eigenvalue weighted by Crippen LogP contribution is 2.17. The summed E-state index contributed by atoms with van der Waals surface area (Å²) in [4.78, 5) is 19.9. The molecular weight excluding hydrogens is 254 g/mol. The van der Waals surface area contributed by atoms with Crippen molar-refractivity contribution in [2.45, 2.75) is 13.0 Å². The van der Waals surface area contributed by atoms with Crippen molar-refractivity contribution < 1.29 is 9.53 Å². The van der Waals surface area contributed by atoms with Crippen LogP contribution in [-0.2, 0) is 4.74 Å². The lowest BCUT2D eigenvalue weighted by atomic mass is 10.1. The Hall–Kier alpha value is -2.27. The molecule has 0 saturated heterocycles. The van der Waals surface area contributed by atoms with Crippen LogP contribution in [0.3, 0.4) is 0 Å². The van der Waals surface area contributed by atoms with Crippen LogP contribution in [0.25, 0.3) is 11.1 Å². The maximum atomic E-state index is 12.0. The number of hydrogen-bond acceptors (Lipinski definition) is 4. The van der Waals surface area contributed by atoms with Crippen LogP contribution in [0.2, 0.25) is 0 Å². The fraction of sp³-hybridized carbons (Fsp3) is 0.267. The Labute approximate surface area is 118 Å². The third kappa shape index (κ3) is 3.61. The fourth-order valence-corrected chi connectivity index (χ4v) is 1.86. The summed E-state index contributed by atoms with van der Waals surface area (Å²) < 4.78 is 4.99. The molecule has 1 N–H and O–H groups in total. The van der Waals surface area contributed by atoms with Crippen molar-refractivity contribution >= 4 is 5.91 Å². The first-order valence-electron chi connectivity index (χ1n) is 6.36. The molecule has 1 amide bonds. The Balaban J connectivity index is 2.07. The number of nitrogens with one attached hydrogen (secondary N) is 1. The molecular formula is C15H17N3O2. The Bertz CT molecular complexity index is 555. The molecule has 0 radical (unpaired) electrons. The third-order valence-corrected chi connectivity index (χ3v) is 2.84. The Kier molecular flexibility index (Phi) is 4.79. The van der Waals surface area contributed by atoms with Crippen molar-refractivity contribution in [1.82, 2.24) is 15.3 Å². The molecule has 0 aliphatic carbocycles. The van der Waals surface area contributed by atoms with Gasteiger partial charge in [-0.25, -0.2) is 9.97 Å². The van der Waals surface area contributed by atoms with E-state index >= 15 is 0 Å². The molecule has 0 aliphatic heterocycles. The van der Waals surface area contributed by atoms with E-state index in [9.17, 15) is 4.79 Å². The molecule has 104 valence electrons. The highest BCUT2D eigenvalue weighted by atomic mass is 16.5. The van der Waals surface area contributed by atoms with Crippen molar-refractivity contribution in [1.29, 1.82) is 0 Å². The normalized spacial score (nSPS) is 11.9. The summed E-state index contributed by atoms with van der Waals surface area (Å²) in [5.74, 6) is -0.106. The molecule has 1 atom stereocenters. The minimum absolute atomic E-state index is 0.0188. The zero-order chi connectivity index (χ0) is 14.4. The van der Waals surface area contributed by atoms with Gasteiger partial charge < -0.3 is 10.1 Å². The first-order chi connectivity index (χ1) is 9.70. The highest BCUT2D eigenvalue weighted by molar-refractivity contribution is 5.94. The summed E-state index contributed by atoms with van der Waals surface area (Å²) in [6, 6.07) is 7.33. The monoisotopic (exact) mass is 271 g/mol. The summed E-state index contributed by atoms with van der Waals surface area (Å²) in [5.41, 5.74) is 2.52. The van der Waals surface area contributed by atoms with Gasteiger partial charge in [0.25, 0.3) is 5.91 Å². The van der Waals surface area contributed by atoms with E-state index in [1.54, 1.807) is 31.6 Å². The molecule has 20 heavy (non-hydrogen) atoms. The van der Waals surface area contributed by atoms with Gasteiger partial charge in [0.2, 0.25) is 0 Å². The third-order valence-electron chi connectivity index (χ3n) is 2.84. The van der Waals surface area contributed by atoms with Gasteiger partial charge >= 0.3 is 0 Å². The van der Waals surface area contributed by atoms with Crippen molar-refractivity contribution in [2.75, 3.05) is 13.7 Å². The van der Waals surface area contributed by atoms with Gasteiger partial charge in [-0.1, -0.05) is 12.1 Å². The number of amides is 1. The van der Waals surface area contributed by atoms with Gasteiger partial charge in [-0.2, -0.15) is 0 Å². The van der Waals surface area contributed by atoms with Crippen molar-refractivity contribution in [3.63, 3.8) is 0 Å². The molecule has 0 fully saturated rings. The second-order valence-corrected chi connectivity index (χ2v) is 4.53. The molecule has 1 aromatic heterocycles. The predicted octanol–water partition coefficient (Wildman–Crippen LogP) is 1.91. The van der Waals surface area contributed by atoms with Gasteiger partial charge in [0.15, 0.2) is 0 Å². The average molecular weight is 271 g/mol. The predicted molar refractivity (Wildman–Crippen MR) is 76.3 cm³/mol. The van der Waals surface area contributed by atoms with Gasteiger partial charge in [0.05, 0.1) is 6.61 Å². The lowest BCUT2D eigenvalue weighted by molar-refractivity contribution is 0.0905. The van der Waals surface area contributed by atoms with Crippen LogP contribution in [0, 0.1) is 0 Å². The van der Waals surface area contributed by atoms with E-state index < -0.39 is 0 Å². The maximum Gasteiger partial charge on any atom is 0.251 e. The van der Waals surface area contributed by atoms with Crippen LogP contribution in [0.5, 0.6) is 0 Å². The summed E-state index contributed by atoms with van der Waals surface area (Å²) in [7, 11) is 1.61. The summed E-state index contributed by atoms with van der Waals surface area (Å²) in [6.45, 7) is 2.39. The van der Waals surface area contributed by atoms with Gasteiger partial charge in [-0.15, -0.1) is 0 Å². The van der Waals surface area contributed by atoms with Gasteiger partial charge in [0, 0.05) is 36.7 Å². The van der Waals surface area contributed by atoms with Crippen LogP contribution < -0.4 is 5.32 Å². The van der Waals surface area contributed by atoms with Crippen molar-refractivity contribution in [2.24, 2.45) is 0 Å². The van der Waals surface area contributed by atoms with Crippen LogP contribution in [0.15, 0.2) is 43.0 Å². The molecule has 2 aromatic rings. The van der Waals surface area contributed by atoms with Crippen molar-refractivity contribution in [3.05, 3.63) is 48.5 Å². The zero-order valence-electron chi connectivity index (χ0n) is 11.5. The number of aromatic nitrogens is 2. The molecule has 0 aliphatic rings. The number of ether oxygens (including phenoxy) is 1. The summed E-state index contributed by atoms with van der Waals surface area (Å²) in [6.07, 6.45) is 4.97. The standard InChI is InChI=1S/C15H17N3O2/c1-11(9-20-2)18-15(19)13-5-3-12(4-6-13)14-7-16-10-17-8-14/h3-8,10-11H,9H2,1-2H3,(H,18,19)/t11-/m1/s1. The maximum absolute atomic E-state index is 12.0. The smallest absolute Gasteiger partial charge is 0.251 e. The molecule has 0 saturated carbocycles. The van der Waals surface area contributed by atoms with Gasteiger partial charge in [-0.05, 0) is 24.6 Å². The molecule has 2 rings (SSSR count). The first kappa shape index (κ1) is 14.1. The SMILES string of the molecule is COC[C@@H](C)NC(=O)c1ccc(-c2cncnc2)cc1. The van der Waals surface area contributed by atoms with Crippen LogP contribution >= 0.6 is 0 Å². The van der Waals surface area contributed by atoms with Gasteiger partial charge in [0.1, 0.15) is 6.33 Å². The largest absolute Gasteiger partial charge is 0.383 e. The molecule has 5 nitrogen and oxygen atoms in total. The van der Waals surface area contributed by atoms with E-state index in [2.05, 4.69) is 15.3 Å². The van der Waals surface area contributed by atoms with E-state index in [1.165, 1.54) is 6.33 Å². The quantitative estimate of drug-likeness (QED) is 0.902. The van der Waals surface area contributed by atoms with Crippen LogP contribution in [0.4, 0.5) is 0 Å². The number of rotatable bonds is 5. The Morgan fingerprint density at radius 3 is 2.45 bits per heavy atom. The van der Waals surface area contributed by atoms with E-state index in [-0.39, 0.29) is 11.9 Å². The van der Waals surface area contributed by atoms with Crippen LogP contribution in [0.1, 0.15) is 17.3 Å². The molecule has 1 heterocycles. The van der Waals surface area contributed by atoms with Crippen LogP contribution in [-0.4, -0.2) is 35.6 Å². The minimum Gasteiger partial charge on any atom is -0.383 e. The second kappa shape index (κ2) is 6.77. The van der Waals surface area contributed by atoms with E-state index in [0.717, 1.165) is 11.1 Å². The lowest BCUT2D eigenvalue weighted by Gasteiger charge is -2.12. The number of nitrogens with zero attached hydrogens (tertiary/aromatic N) is 2. The Morgan fingerprint density at radius 2 is 1.85 bits per heavy atom. The Morgan fingerprint density at radius 1 is 1.20 bits per heavy atom. The molecule has 5 heteroatoms. The average Bonchev–Trinajstić information content (AvgIpc) is 2.48. The zero-order valence-corrected chi connectivity index (χ0v) is 11.5. The van der Waals surface area contributed by atoms with E-state index in [4.69, 9.17) is 4.74 Å².